The van der Waals surface area contributed by atoms with Gasteiger partial charge in [-0.25, -0.2) is 4.98 Å². The number of amides is 1. The van der Waals surface area contributed by atoms with Gasteiger partial charge >= 0.3 is 0 Å². The molecule has 2 aromatic rings. The number of aromatic nitrogens is 1. The van der Waals surface area contributed by atoms with Gasteiger partial charge in [0.2, 0.25) is 0 Å². The molecule has 1 aliphatic rings. The van der Waals surface area contributed by atoms with Crippen LogP contribution in [0.4, 0.5) is 0 Å². The van der Waals surface area contributed by atoms with Crippen LogP contribution < -0.4 is 5.32 Å². The molecule has 5 nitrogen and oxygen atoms in total. The maximum absolute atomic E-state index is 12.6. The Bertz CT molecular complexity index is 677. The van der Waals surface area contributed by atoms with Crippen molar-refractivity contribution in [3.63, 3.8) is 0 Å². The van der Waals surface area contributed by atoms with Crippen LogP contribution >= 0.6 is 22.7 Å². The number of thiazole rings is 1. The van der Waals surface area contributed by atoms with E-state index in [0.29, 0.717) is 23.4 Å². The van der Waals surface area contributed by atoms with E-state index in [-0.39, 0.29) is 5.91 Å². The lowest BCUT2D eigenvalue weighted by molar-refractivity contribution is 0.00192. The Balaban J connectivity index is 1.63. The first-order chi connectivity index (χ1) is 12.7. The Morgan fingerprint density at radius 3 is 2.77 bits per heavy atom. The van der Waals surface area contributed by atoms with Crippen LogP contribution in [0.3, 0.4) is 0 Å². The molecule has 2 aromatic heterocycles. The number of nitrogens with one attached hydrogen (secondary N) is 1. The molecule has 3 rings (SSSR count). The van der Waals surface area contributed by atoms with Crippen molar-refractivity contribution in [2.24, 2.45) is 5.92 Å². The molecule has 0 aromatic carbocycles. The lowest BCUT2D eigenvalue weighted by atomic mass is 9.92. The number of carbonyl (C=O) groups excluding carboxylic acids is 1. The highest BCUT2D eigenvalue weighted by Crippen LogP contribution is 2.29. The lowest BCUT2D eigenvalue weighted by Crippen LogP contribution is -2.52. The fourth-order valence-electron chi connectivity index (χ4n) is 3.51. The molecule has 1 saturated heterocycles. The van der Waals surface area contributed by atoms with Crippen LogP contribution in [0.2, 0.25) is 0 Å². The normalized spacial score (nSPS) is 16.7. The standard InChI is InChI=1S/C19H27N3O2S2/c1-3-14(4-2)15(22-7-9-24-10-8-22)12-20-18(23)17-13-21-19(26-17)16-6-5-11-25-16/h5-6,11,13-15H,3-4,7-10,12H2,1-2H3,(H,20,23). The third kappa shape index (κ3) is 4.71. The summed E-state index contributed by atoms with van der Waals surface area (Å²) in [5, 5.41) is 6.10. The molecule has 0 bridgehead atoms. The highest BCUT2D eigenvalue weighted by Gasteiger charge is 2.27. The Kier molecular flexibility index (Phi) is 7.19. The summed E-state index contributed by atoms with van der Waals surface area (Å²) in [6.07, 6.45) is 3.94. The van der Waals surface area contributed by atoms with E-state index in [4.69, 9.17) is 4.74 Å². The Labute approximate surface area is 163 Å². The van der Waals surface area contributed by atoms with Crippen LogP contribution in [0.5, 0.6) is 0 Å². The average molecular weight is 394 g/mol. The van der Waals surface area contributed by atoms with Gasteiger partial charge in [-0.05, 0) is 17.4 Å². The molecule has 1 amide bonds. The van der Waals surface area contributed by atoms with Gasteiger partial charge in [0.15, 0.2) is 0 Å². The molecule has 142 valence electrons. The topological polar surface area (TPSA) is 54.5 Å². The fraction of sp³-hybridized carbons (Fsp3) is 0.579. The zero-order valence-corrected chi connectivity index (χ0v) is 17.1. The first-order valence-corrected chi connectivity index (χ1v) is 11.0. The lowest BCUT2D eigenvalue weighted by Gasteiger charge is -2.38. The summed E-state index contributed by atoms with van der Waals surface area (Å²) in [5.74, 6) is 0.561. The highest BCUT2D eigenvalue weighted by molar-refractivity contribution is 7.21. The van der Waals surface area contributed by atoms with Crippen LogP contribution in [0.1, 0.15) is 36.4 Å². The van der Waals surface area contributed by atoms with Gasteiger partial charge in [-0.2, -0.15) is 0 Å². The van der Waals surface area contributed by atoms with E-state index in [1.807, 2.05) is 17.5 Å². The molecule has 26 heavy (non-hydrogen) atoms. The van der Waals surface area contributed by atoms with Crippen molar-refractivity contribution < 1.29 is 9.53 Å². The Hall–Kier alpha value is -1.28. The smallest absolute Gasteiger partial charge is 0.263 e. The predicted octanol–water partition coefficient (Wildman–Crippen LogP) is 3.74. The van der Waals surface area contributed by atoms with Gasteiger partial charge in [0.1, 0.15) is 9.88 Å². The van der Waals surface area contributed by atoms with Gasteiger partial charge in [0.25, 0.3) is 5.91 Å². The summed E-state index contributed by atoms with van der Waals surface area (Å²) in [4.78, 5) is 21.3. The molecule has 0 saturated carbocycles. The minimum absolute atomic E-state index is 0.0190. The second-order valence-electron chi connectivity index (χ2n) is 6.51. The molecular weight excluding hydrogens is 366 g/mol. The summed E-state index contributed by atoms with van der Waals surface area (Å²) in [5.41, 5.74) is 0. The molecular formula is C19H27N3O2S2. The van der Waals surface area contributed by atoms with Crippen molar-refractivity contribution in [1.29, 1.82) is 0 Å². The molecule has 0 aliphatic carbocycles. The number of carbonyl (C=O) groups is 1. The number of hydrogen-bond acceptors (Lipinski definition) is 6. The fourth-order valence-corrected chi connectivity index (χ4v) is 5.15. The predicted molar refractivity (Wildman–Crippen MR) is 108 cm³/mol. The van der Waals surface area contributed by atoms with Crippen LogP contribution in [-0.4, -0.2) is 54.7 Å². The average Bonchev–Trinajstić information content (AvgIpc) is 3.37. The summed E-state index contributed by atoms with van der Waals surface area (Å²) < 4.78 is 5.50. The second kappa shape index (κ2) is 9.60. The molecule has 0 radical (unpaired) electrons. The zero-order chi connectivity index (χ0) is 18.4. The Morgan fingerprint density at radius 2 is 2.12 bits per heavy atom. The quantitative estimate of drug-likeness (QED) is 0.742. The number of thiophene rings is 1. The van der Waals surface area contributed by atoms with E-state index in [1.165, 1.54) is 11.3 Å². The number of nitrogens with zero attached hydrogens (tertiary/aromatic N) is 2. The van der Waals surface area contributed by atoms with Crippen LogP contribution in [0.25, 0.3) is 9.88 Å². The van der Waals surface area contributed by atoms with Crippen LogP contribution in [0.15, 0.2) is 23.7 Å². The molecule has 1 atom stereocenters. The van der Waals surface area contributed by atoms with Gasteiger partial charge in [-0.3, -0.25) is 9.69 Å². The molecule has 1 aliphatic heterocycles. The zero-order valence-electron chi connectivity index (χ0n) is 15.4. The first-order valence-electron chi connectivity index (χ1n) is 9.32. The van der Waals surface area contributed by atoms with E-state index in [2.05, 4.69) is 29.0 Å². The number of ether oxygens (including phenoxy) is 1. The number of rotatable bonds is 8. The minimum atomic E-state index is -0.0190. The molecule has 7 heteroatoms. The third-order valence-electron chi connectivity index (χ3n) is 5.04. The van der Waals surface area contributed by atoms with Crippen LogP contribution in [-0.2, 0) is 4.74 Å². The van der Waals surface area contributed by atoms with Crippen molar-refractivity contribution in [2.45, 2.75) is 32.7 Å². The van der Waals surface area contributed by atoms with Crippen molar-refractivity contribution >= 4 is 28.6 Å². The summed E-state index contributed by atoms with van der Waals surface area (Å²) >= 11 is 3.11. The minimum Gasteiger partial charge on any atom is -0.379 e. The highest BCUT2D eigenvalue weighted by atomic mass is 32.1. The molecule has 1 fully saturated rings. The third-order valence-corrected chi connectivity index (χ3v) is 7.08. The maximum atomic E-state index is 12.6. The number of morpholine rings is 1. The largest absolute Gasteiger partial charge is 0.379 e. The van der Waals surface area contributed by atoms with Crippen molar-refractivity contribution in [1.82, 2.24) is 15.2 Å². The van der Waals surface area contributed by atoms with Gasteiger partial charge in [0, 0.05) is 25.7 Å². The summed E-state index contributed by atoms with van der Waals surface area (Å²) in [6.45, 7) is 8.60. The summed E-state index contributed by atoms with van der Waals surface area (Å²) in [7, 11) is 0. The van der Waals surface area contributed by atoms with E-state index < -0.39 is 0 Å². The van der Waals surface area contributed by atoms with E-state index in [9.17, 15) is 4.79 Å². The molecule has 3 heterocycles. The molecule has 1 unspecified atom stereocenters. The monoisotopic (exact) mass is 393 g/mol. The maximum Gasteiger partial charge on any atom is 0.263 e. The van der Waals surface area contributed by atoms with Gasteiger partial charge in [-0.15, -0.1) is 22.7 Å². The first kappa shape index (κ1) is 19.5. The van der Waals surface area contributed by atoms with Crippen molar-refractivity contribution in [2.75, 3.05) is 32.8 Å². The van der Waals surface area contributed by atoms with Gasteiger partial charge < -0.3 is 10.1 Å². The van der Waals surface area contributed by atoms with Crippen LogP contribution in [0, 0.1) is 5.92 Å². The van der Waals surface area contributed by atoms with E-state index in [0.717, 1.165) is 49.0 Å². The van der Waals surface area contributed by atoms with Gasteiger partial charge in [0.05, 0.1) is 24.3 Å². The van der Waals surface area contributed by atoms with Crippen molar-refractivity contribution in [3.8, 4) is 9.88 Å². The van der Waals surface area contributed by atoms with Crippen molar-refractivity contribution in [3.05, 3.63) is 28.6 Å². The second-order valence-corrected chi connectivity index (χ2v) is 8.49. The van der Waals surface area contributed by atoms with E-state index in [1.54, 1.807) is 17.5 Å². The van der Waals surface area contributed by atoms with E-state index >= 15 is 0 Å². The SMILES string of the molecule is CCC(CC)C(CNC(=O)c1cnc(-c2cccs2)s1)N1CCOCC1. The van der Waals surface area contributed by atoms with Gasteiger partial charge in [-0.1, -0.05) is 32.8 Å². The summed E-state index contributed by atoms with van der Waals surface area (Å²) in [6, 6.07) is 4.40. The molecule has 0 spiro atoms. The number of hydrogen-bond donors (Lipinski definition) is 1. The molecule has 1 N–H and O–H groups in total. The Morgan fingerprint density at radius 1 is 1.35 bits per heavy atom.